The van der Waals surface area contributed by atoms with Gasteiger partial charge in [-0.05, 0) is 83.6 Å². The van der Waals surface area contributed by atoms with Gasteiger partial charge in [-0.15, -0.1) is 5.56 Å². The normalized spacial score (nSPS) is 17.0. The molecular formula is C34H54N3O4PrS-. The van der Waals surface area contributed by atoms with E-state index in [1.807, 2.05) is 55.9 Å². The second kappa shape index (κ2) is 28.2. The van der Waals surface area contributed by atoms with Gasteiger partial charge in [0, 0.05) is 83.9 Å². The molecular weight excluding hydrogens is 687 g/mol. The molecule has 9 heteroatoms. The maximum atomic E-state index is 7.57. The molecule has 0 amide bonds. The summed E-state index contributed by atoms with van der Waals surface area (Å²) >= 11 is 1.86. The van der Waals surface area contributed by atoms with Gasteiger partial charge in [-0.25, -0.2) is 5.16 Å². The van der Waals surface area contributed by atoms with E-state index in [1.54, 1.807) is 13.1 Å². The summed E-state index contributed by atoms with van der Waals surface area (Å²) in [4.78, 5) is 4.33. The number of aliphatic hydroxyl groups excluding tert-OH is 2. The molecule has 2 aromatic rings. The minimum Gasteiger partial charge on any atom is -0.480 e. The molecule has 2 unspecified atom stereocenters. The van der Waals surface area contributed by atoms with Gasteiger partial charge in [0.1, 0.15) is 0 Å². The quantitative estimate of drug-likeness (QED) is 0.122. The van der Waals surface area contributed by atoms with Crippen LogP contribution in [0.15, 0.2) is 74.5 Å². The smallest absolute Gasteiger partial charge is 0.0670 e. The van der Waals surface area contributed by atoms with Crippen LogP contribution in [-0.2, 0) is 10.5 Å². The van der Waals surface area contributed by atoms with Gasteiger partial charge in [0.2, 0.25) is 0 Å². The summed E-state index contributed by atoms with van der Waals surface area (Å²) in [5, 5.41) is 18.6. The molecule has 4 N–H and O–H groups in total. The number of aromatic nitrogens is 1. The van der Waals surface area contributed by atoms with E-state index < -0.39 is 0 Å². The van der Waals surface area contributed by atoms with Crippen molar-refractivity contribution < 1.29 is 60.8 Å². The Morgan fingerprint density at radius 1 is 1.16 bits per heavy atom. The van der Waals surface area contributed by atoms with Gasteiger partial charge in [-0.3, -0.25) is 4.99 Å². The SMILES string of the molecule is CC1CCC(CSCc2[c-]onc2-c2ccccc2)O1.CC=N/C(C)=C(/C=C\CCC)C(\N)=C(/C)CC.CCO.CO.[Pr]. The van der Waals surface area contributed by atoms with Crippen LogP contribution >= 0.6 is 11.8 Å². The molecule has 0 saturated carbocycles. The van der Waals surface area contributed by atoms with Crippen LogP contribution in [0.3, 0.4) is 0 Å². The van der Waals surface area contributed by atoms with Crippen LogP contribution < -0.4 is 5.73 Å². The number of benzene rings is 1. The van der Waals surface area contributed by atoms with Gasteiger partial charge >= 0.3 is 0 Å². The van der Waals surface area contributed by atoms with Crippen molar-refractivity contribution in [3.8, 4) is 11.3 Å². The molecule has 1 aromatic carbocycles. The summed E-state index contributed by atoms with van der Waals surface area (Å²) in [7, 11) is 1.00. The Morgan fingerprint density at radius 2 is 1.81 bits per heavy atom. The first-order chi connectivity index (χ1) is 20.3. The summed E-state index contributed by atoms with van der Waals surface area (Å²) in [6, 6.07) is 10.1. The molecule has 43 heavy (non-hydrogen) atoms. The largest absolute Gasteiger partial charge is 0.480 e. The molecule has 1 aliphatic heterocycles. The monoisotopic (exact) mass is 741 g/mol. The second-order valence-electron chi connectivity index (χ2n) is 9.58. The van der Waals surface area contributed by atoms with E-state index in [2.05, 4.69) is 56.3 Å². The van der Waals surface area contributed by atoms with Gasteiger partial charge in [-0.2, -0.15) is 11.8 Å². The summed E-state index contributed by atoms with van der Waals surface area (Å²) < 4.78 is 10.8. The van der Waals surface area contributed by atoms with Crippen molar-refractivity contribution in [1.82, 2.24) is 5.16 Å². The Balaban J connectivity index is 0. The van der Waals surface area contributed by atoms with Crippen LogP contribution in [0, 0.1) is 47.6 Å². The van der Waals surface area contributed by atoms with Crippen molar-refractivity contribution in [2.45, 2.75) is 98.5 Å². The van der Waals surface area contributed by atoms with Crippen LogP contribution in [0.4, 0.5) is 0 Å². The molecule has 0 spiro atoms. The first kappa shape index (κ1) is 43.8. The fourth-order valence-electron chi connectivity index (χ4n) is 3.90. The van der Waals surface area contributed by atoms with E-state index >= 15 is 0 Å². The number of hydrogen-bond donors (Lipinski definition) is 3. The van der Waals surface area contributed by atoms with Gasteiger partial charge in [0.05, 0.1) is 12.2 Å². The third-order valence-electron chi connectivity index (χ3n) is 6.24. The van der Waals surface area contributed by atoms with Gasteiger partial charge in [0.25, 0.3) is 0 Å². The maximum absolute atomic E-state index is 7.57. The molecule has 2 atom stereocenters. The molecule has 1 aromatic heterocycles. The first-order valence-corrected chi connectivity index (χ1v) is 16.0. The number of aliphatic imine (C=N–C) groups is 1. The number of rotatable bonds is 11. The number of hydrogen-bond acceptors (Lipinski definition) is 8. The zero-order valence-corrected chi connectivity index (χ0v) is 32.1. The predicted octanol–water partition coefficient (Wildman–Crippen LogP) is 7.90. The number of unbranched alkanes of at least 4 members (excludes halogenated alkanes) is 1. The Morgan fingerprint density at radius 3 is 2.35 bits per heavy atom. The molecule has 239 valence electrons. The number of allylic oxidation sites excluding steroid dienone is 4. The molecule has 2 heterocycles. The van der Waals surface area contributed by atoms with Gasteiger partial charge in [-0.1, -0.05) is 68.3 Å². The van der Waals surface area contributed by atoms with Crippen molar-refractivity contribution in [2.75, 3.05) is 19.5 Å². The topological polar surface area (TPSA) is 114 Å². The van der Waals surface area contributed by atoms with Crippen molar-refractivity contribution in [2.24, 2.45) is 10.7 Å². The average molecular weight is 742 g/mol. The minimum absolute atomic E-state index is 0. The second-order valence-corrected chi connectivity index (χ2v) is 10.6. The summed E-state index contributed by atoms with van der Waals surface area (Å²) in [5.74, 6) is 1.89. The van der Waals surface area contributed by atoms with Crippen LogP contribution in [0.25, 0.3) is 11.3 Å². The fraction of sp³-hybridized carbons (Fsp3) is 0.529. The van der Waals surface area contributed by atoms with Crippen LogP contribution in [-0.4, -0.2) is 53.3 Å². The van der Waals surface area contributed by atoms with E-state index in [1.165, 1.54) is 18.4 Å². The third kappa shape index (κ3) is 18.3. The Hall–Kier alpha value is -1.29. The average Bonchev–Trinajstić information content (AvgIpc) is 3.65. The molecule has 1 fully saturated rings. The standard InChI is InChI=1S/C16H18NO2S.C15H26N2.C2H6O.CH4O.Pr/c1-12-7-8-15(19-12)11-20-10-14-9-18-17-16(14)13-5-3-2-4-6-13;1-6-9-10-11-14(13(5)17-8-3)15(16)12(4)7-2;1-2-3;1-2;/h2-6,12,15H,7-8,10-11H2,1H3;8,10-11H,6-7,9,16H2,1-5H3;3H,2H2,1H3;2H,1H3;/q-1;;;;/b;11-10-,14-13-,15-12-,17-8?;;;. The molecule has 0 aliphatic carbocycles. The van der Waals surface area contributed by atoms with Crippen molar-refractivity contribution in [3.05, 3.63) is 76.9 Å². The maximum Gasteiger partial charge on any atom is 0.0670 e. The summed E-state index contributed by atoms with van der Waals surface area (Å²) in [5.41, 5.74) is 13.3. The molecule has 0 bridgehead atoms. The van der Waals surface area contributed by atoms with Gasteiger partial charge in [0.15, 0.2) is 0 Å². The van der Waals surface area contributed by atoms with Crippen LogP contribution in [0.2, 0.25) is 0 Å². The van der Waals surface area contributed by atoms with E-state index in [0.29, 0.717) is 12.2 Å². The van der Waals surface area contributed by atoms with E-state index in [-0.39, 0.29) is 47.9 Å². The number of nitrogens with two attached hydrogens (primary N) is 1. The molecule has 7 nitrogen and oxygen atoms in total. The fourth-order valence-corrected chi connectivity index (χ4v) is 4.93. The van der Waals surface area contributed by atoms with Crippen molar-refractivity contribution in [3.63, 3.8) is 0 Å². The summed E-state index contributed by atoms with van der Waals surface area (Å²) in [6.07, 6.45) is 15.3. The number of thioether (sulfide) groups is 1. The molecule has 1 radical (unpaired) electrons. The predicted molar refractivity (Wildman–Crippen MR) is 180 cm³/mol. The zero-order chi connectivity index (χ0) is 31.8. The zero-order valence-electron chi connectivity index (χ0n) is 27.6. The molecule has 3 rings (SSSR count). The van der Waals surface area contributed by atoms with E-state index in [9.17, 15) is 0 Å². The van der Waals surface area contributed by atoms with E-state index in [0.717, 1.165) is 71.7 Å². The Kier molecular flexibility index (Phi) is 28.8. The van der Waals surface area contributed by atoms with Crippen LogP contribution in [0.5, 0.6) is 0 Å². The Labute approximate surface area is 298 Å². The molecule has 1 aliphatic rings. The van der Waals surface area contributed by atoms with E-state index in [4.69, 9.17) is 25.2 Å². The van der Waals surface area contributed by atoms with Crippen molar-refractivity contribution >= 4 is 18.0 Å². The number of aliphatic hydroxyl groups is 2. The number of nitrogens with zero attached hydrogens (tertiary/aromatic N) is 2. The molecule has 1 saturated heterocycles. The third-order valence-corrected chi connectivity index (χ3v) is 7.34. The van der Waals surface area contributed by atoms with Crippen LogP contribution in [0.1, 0.15) is 86.1 Å². The minimum atomic E-state index is 0. The first-order valence-electron chi connectivity index (χ1n) is 14.8. The summed E-state index contributed by atoms with van der Waals surface area (Å²) in [6.45, 7) is 14.4. The van der Waals surface area contributed by atoms with Gasteiger partial charge < -0.3 is 25.2 Å². The Bertz CT molecular complexity index is 1080. The van der Waals surface area contributed by atoms with Crippen molar-refractivity contribution in [1.29, 1.82) is 0 Å². The number of ether oxygens (including phenoxy) is 1.